The Kier molecular flexibility index (Phi) is 4.43. The van der Waals surface area contributed by atoms with Crippen LogP contribution >= 0.6 is 11.6 Å². The Hall–Kier alpha value is -1.42. The normalized spacial score (nSPS) is 9.75. The second-order valence-corrected chi connectivity index (χ2v) is 3.69. The van der Waals surface area contributed by atoms with Crippen LogP contribution in [-0.4, -0.2) is 32.3 Å². The maximum absolute atomic E-state index is 11.2. The highest BCUT2D eigenvalue weighted by Crippen LogP contribution is 2.23. The molecule has 0 atom stereocenters. The minimum atomic E-state index is -0.396. The number of ether oxygens (including phenoxy) is 2. The number of nitrogens with zero attached hydrogens (tertiary/aromatic N) is 1. The van der Waals surface area contributed by atoms with Crippen LogP contribution < -0.4 is 4.74 Å². The van der Waals surface area contributed by atoms with E-state index in [0.29, 0.717) is 17.3 Å². The number of hydrogen-bond donors (Lipinski definition) is 0. The summed E-state index contributed by atoms with van der Waals surface area (Å²) in [6.45, 7) is 0.398. The van der Waals surface area contributed by atoms with Crippen molar-refractivity contribution in [3.05, 3.63) is 28.8 Å². The summed E-state index contributed by atoms with van der Waals surface area (Å²) in [5.41, 5.74) is 0.843. The molecule has 0 fully saturated rings. The first-order chi connectivity index (χ1) is 7.58. The Labute approximate surface area is 99.7 Å². The van der Waals surface area contributed by atoms with Crippen molar-refractivity contribution in [2.24, 2.45) is 0 Å². The minimum absolute atomic E-state index is 0.396. The number of methoxy groups -OCH3 is 2. The molecule has 5 heteroatoms. The fourth-order valence-corrected chi connectivity index (χ4v) is 1.49. The van der Waals surface area contributed by atoms with Crippen LogP contribution in [0.1, 0.15) is 5.56 Å². The molecule has 0 N–H and O–H groups in total. The molecule has 0 aromatic heterocycles. The number of carbonyl (C=O) groups is 1. The molecule has 0 saturated carbocycles. The third kappa shape index (κ3) is 3.03. The zero-order chi connectivity index (χ0) is 12.1. The van der Waals surface area contributed by atoms with Gasteiger partial charge in [0.05, 0.1) is 20.8 Å². The van der Waals surface area contributed by atoms with Crippen molar-refractivity contribution in [2.75, 3.05) is 21.3 Å². The lowest BCUT2D eigenvalue weighted by Gasteiger charge is -2.16. The van der Waals surface area contributed by atoms with Gasteiger partial charge in [0, 0.05) is 12.1 Å². The minimum Gasteiger partial charge on any atom is -0.497 e. The van der Waals surface area contributed by atoms with Crippen molar-refractivity contribution in [3.63, 3.8) is 0 Å². The summed E-state index contributed by atoms with van der Waals surface area (Å²) in [6, 6.07) is 5.33. The Morgan fingerprint density at radius 1 is 1.44 bits per heavy atom. The Bertz CT molecular complexity index is 381. The predicted octanol–water partition coefficient (Wildman–Crippen LogP) is 2.55. The summed E-state index contributed by atoms with van der Waals surface area (Å²) in [7, 11) is 4.56. The maximum Gasteiger partial charge on any atom is 0.409 e. The third-order valence-electron chi connectivity index (χ3n) is 2.15. The van der Waals surface area contributed by atoms with Crippen molar-refractivity contribution in [3.8, 4) is 5.75 Å². The molecule has 16 heavy (non-hydrogen) atoms. The lowest BCUT2D eigenvalue weighted by atomic mass is 10.2. The fourth-order valence-electron chi connectivity index (χ4n) is 1.26. The highest BCUT2D eigenvalue weighted by Gasteiger charge is 2.11. The molecule has 0 aliphatic heterocycles. The largest absolute Gasteiger partial charge is 0.497 e. The van der Waals surface area contributed by atoms with Crippen molar-refractivity contribution in [2.45, 2.75) is 6.54 Å². The standard InChI is InChI=1S/C11H14ClNO3/c1-13(11(14)16-3)7-8-4-5-9(15-2)6-10(8)12/h4-6H,7H2,1-3H3. The van der Waals surface area contributed by atoms with E-state index in [-0.39, 0.29) is 0 Å². The molecule has 1 aromatic carbocycles. The zero-order valence-electron chi connectivity index (χ0n) is 9.49. The lowest BCUT2D eigenvalue weighted by molar-refractivity contribution is 0.131. The second-order valence-electron chi connectivity index (χ2n) is 3.28. The van der Waals surface area contributed by atoms with E-state index in [1.165, 1.54) is 12.0 Å². The van der Waals surface area contributed by atoms with Gasteiger partial charge in [-0.15, -0.1) is 0 Å². The van der Waals surface area contributed by atoms with E-state index < -0.39 is 6.09 Å². The van der Waals surface area contributed by atoms with Crippen molar-refractivity contribution < 1.29 is 14.3 Å². The van der Waals surface area contributed by atoms with Gasteiger partial charge in [-0.25, -0.2) is 4.79 Å². The Morgan fingerprint density at radius 3 is 2.62 bits per heavy atom. The Morgan fingerprint density at radius 2 is 2.12 bits per heavy atom. The molecule has 0 unspecified atom stereocenters. The molecule has 0 bridgehead atoms. The SMILES string of the molecule is COC(=O)N(C)Cc1ccc(OC)cc1Cl. The van der Waals surface area contributed by atoms with Crippen LogP contribution in [0.4, 0.5) is 4.79 Å². The molecule has 4 nitrogen and oxygen atoms in total. The second kappa shape index (κ2) is 5.61. The molecule has 0 aliphatic rings. The molecule has 0 aliphatic carbocycles. The summed E-state index contributed by atoms with van der Waals surface area (Å²) in [5.74, 6) is 0.689. The number of hydrogen-bond acceptors (Lipinski definition) is 3. The van der Waals surface area contributed by atoms with E-state index in [1.807, 2.05) is 6.07 Å². The van der Waals surface area contributed by atoms with E-state index >= 15 is 0 Å². The van der Waals surface area contributed by atoms with Crippen LogP contribution in [0.5, 0.6) is 5.75 Å². The maximum atomic E-state index is 11.2. The van der Waals surface area contributed by atoms with Gasteiger partial charge >= 0.3 is 6.09 Å². The molecule has 1 rings (SSSR count). The average molecular weight is 244 g/mol. The molecule has 0 saturated heterocycles. The first kappa shape index (κ1) is 12.6. The van der Waals surface area contributed by atoms with Crippen LogP contribution in [0.25, 0.3) is 0 Å². The summed E-state index contributed by atoms with van der Waals surface area (Å²) >= 11 is 6.04. The van der Waals surface area contributed by atoms with Gasteiger partial charge in [-0.05, 0) is 17.7 Å². The number of benzene rings is 1. The number of amides is 1. The van der Waals surface area contributed by atoms with Gasteiger partial charge in [0.2, 0.25) is 0 Å². The molecule has 1 amide bonds. The molecule has 0 heterocycles. The van der Waals surface area contributed by atoms with Crippen LogP contribution in [0.2, 0.25) is 5.02 Å². The first-order valence-electron chi connectivity index (χ1n) is 4.70. The van der Waals surface area contributed by atoms with E-state index in [0.717, 1.165) is 5.56 Å². The summed E-state index contributed by atoms with van der Waals surface area (Å²) in [4.78, 5) is 12.6. The highest BCUT2D eigenvalue weighted by molar-refractivity contribution is 6.31. The Balaban J connectivity index is 2.78. The number of rotatable bonds is 3. The van der Waals surface area contributed by atoms with Gasteiger partial charge in [-0.1, -0.05) is 17.7 Å². The predicted molar refractivity (Wildman–Crippen MR) is 61.9 cm³/mol. The van der Waals surface area contributed by atoms with E-state index in [4.69, 9.17) is 16.3 Å². The lowest BCUT2D eigenvalue weighted by Crippen LogP contribution is -2.25. The van der Waals surface area contributed by atoms with Gasteiger partial charge in [-0.3, -0.25) is 0 Å². The summed E-state index contributed by atoms with van der Waals surface area (Å²) in [5, 5.41) is 0.565. The van der Waals surface area contributed by atoms with Gasteiger partial charge in [0.1, 0.15) is 5.75 Å². The zero-order valence-corrected chi connectivity index (χ0v) is 10.2. The summed E-state index contributed by atoms with van der Waals surface area (Å²) in [6.07, 6.45) is -0.396. The molecule has 1 aromatic rings. The smallest absolute Gasteiger partial charge is 0.409 e. The van der Waals surface area contributed by atoms with Crippen molar-refractivity contribution in [1.29, 1.82) is 0 Å². The molecule has 0 radical (unpaired) electrons. The average Bonchev–Trinajstić information content (AvgIpc) is 2.30. The van der Waals surface area contributed by atoms with Gasteiger partial charge < -0.3 is 14.4 Å². The first-order valence-corrected chi connectivity index (χ1v) is 5.07. The number of carbonyl (C=O) groups excluding carboxylic acids is 1. The highest BCUT2D eigenvalue weighted by atomic mass is 35.5. The van der Waals surface area contributed by atoms with Crippen molar-refractivity contribution >= 4 is 17.7 Å². The monoisotopic (exact) mass is 243 g/mol. The topological polar surface area (TPSA) is 38.8 Å². The van der Waals surface area contributed by atoms with Gasteiger partial charge in [0.15, 0.2) is 0 Å². The molecule has 0 spiro atoms. The van der Waals surface area contributed by atoms with Crippen LogP contribution in [0.15, 0.2) is 18.2 Å². The van der Waals surface area contributed by atoms with E-state index in [1.54, 1.807) is 26.3 Å². The number of halogens is 1. The quantitative estimate of drug-likeness (QED) is 0.819. The molecule has 88 valence electrons. The van der Waals surface area contributed by atoms with E-state index in [9.17, 15) is 4.79 Å². The van der Waals surface area contributed by atoms with Gasteiger partial charge in [0.25, 0.3) is 0 Å². The molecular weight excluding hydrogens is 230 g/mol. The summed E-state index contributed by atoms with van der Waals surface area (Å²) < 4.78 is 9.62. The van der Waals surface area contributed by atoms with Crippen LogP contribution in [0, 0.1) is 0 Å². The van der Waals surface area contributed by atoms with Crippen LogP contribution in [0.3, 0.4) is 0 Å². The van der Waals surface area contributed by atoms with Gasteiger partial charge in [-0.2, -0.15) is 0 Å². The van der Waals surface area contributed by atoms with Crippen molar-refractivity contribution in [1.82, 2.24) is 4.90 Å². The third-order valence-corrected chi connectivity index (χ3v) is 2.51. The van der Waals surface area contributed by atoms with E-state index in [2.05, 4.69) is 4.74 Å². The molecular formula is C11H14ClNO3. The van der Waals surface area contributed by atoms with Crippen LogP contribution in [-0.2, 0) is 11.3 Å². The fraction of sp³-hybridized carbons (Fsp3) is 0.364.